The van der Waals surface area contributed by atoms with E-state index in [9.17, 15) is 0 Å². The van der Waals surface area contributed by atoms with Gasteiger partial charge in [0.25, 0.3) is 0 Å². The zero-order valence-corrected chi connectivity index (χ0v) is 14.0. The Bertz CT molecular complexity index is 1190. The van der Waals surface area contributed by atoms with Crippen LogP contribution in [0.25, 0.3) is 38.6 Å². The van der Waals surface area contributed by atoms with Crippen LogP contribution in [0.4, 0.5) is 0 Å². The largest absolute Gasteiger partial charge is 0.497 e. The smallest absolute Gasteiger partial charge is 0.200 e. The molecule has 25 heavy (non-hydrogen) atoms. The average molecular weight is 348 g/mol. The second kappa shape index (κ2) is 5.38. The summed E-state index contributed by atoms with van der Waals surface area (Å²) in [5.74, 6) is 1.40. The molecule has 0 radical (unpaired) electrons. The van der Waals surface area contributed by atoms with Gasteiger partial charge >= 0.3 is 0 Å². The highest BCUT2D eigenvalue weighted by Gasteiger charge is 2.13. The lowest BCUT2D eigenvalue weighted by Crippen LogP contribution is -1.88. The van der Waals surface area contributed by atoms with E-state index in [0.717, 1.165) is 38.6 Å². The van der Waals surface area contributed by atoms with Gasteiger partial charge in [-0.1, -0.05) is 0 Å². The number of benzene rings is 1. The molecule has 0 aliphatic heterocycles. The molecule has 0 aliphatic rings. The molecule has 0 atom stereocenters. The molecule has 4 heterocycles. The summed E-state index contributed by atoms with van der Waals surface area (Å²) in [7, 11) is 1.65. The Balaban J connectivity index is 1.57. The standard InChI is InChI=1S/C17H12N6OS/c1-24-11-4-2-10(3-5-11)13-8-14(21-20-13)15-19-16-12-6-7-25-17(12)18-9-23(16)22-15/h2-9H,1H3,(H,20,21). The first-order valence-corrected chi connectivity index (χ1v) is 8.48. The van der Waals surface area contributed by atoms with Crippen molar-refractivity contribution in [2.45, 2.75) is 0 Å². The molecule has 0 fully saturated rings. The van der Waals surface area contributed by atoms with Crippen LogP contribution in [0.15, 0.2) is 48.1 Å². The van der Waals surface area contributed by atoms with Gasteiger partial charge in [0.05, 0.1) is 18.2 Å². The summed E-state index contributed by atoms with van der Waals surface area (Å²) >= 11 is 1.59. The fourth-order valence-electron chi connectivity index (χ4n) is 2.73. The van der Waals surface area contributed by atoms with Gasteiger partial charge in [-0.2, -0.15) is 5.10 Å². The minimum atomic E-state index is 0.591. The Kier molecular flexibility index (Phi) is 3.04. The SMILES string of the molecule is COc1ccc(-c2cc(-c3nc4c5ccsc5ncn4n3)[nH]n2)cc1. The Hall–Kier alpha value is -3.26. The zero-order chi connectivity index (χ0) is 16.8. The minimum absolute atomic E-state index is 0.591. The summed E-state index contributed by atoms with van der Waals surface area (Å²) in [5, 5.41) is 14.9. The molecule has 0 saturated carbocycles. The highest BCUT2D eigenvalue weighted by atomic mass is 32.1. The van der Waals surface area contributed by atoms with Gasteiger partial charge in [0.2, 0.25) is 0 Å². The monoisotopic (exact) mass is 348 g/mol. The number of hydrogen-bond donors (Lipinski definition) is 1. The molecule has 0 amide bonds. The van der Waals surface area contributed by atoms with Crippen LogP contribution in [0, 0.1) is 0 Å². The van der Waals surface area contributed by atoms with Crippen molar-refractivity contribution in [1.29, 1.82) is 0 Å². The molecule has 7 nitrogen and oxygen atoms in total. The van der Waals surface area contributed by atoms with Crippen LogP contribution < -0.4 is 4.74 Å². The van der Waals surface area contributed by atoms with Crippen LogP contribution in [-0.2, 0) is 0 Å². The van der Waals surface area contributed by atoms with Crippen LogP contribution in [0.2, 0.25) is 0 Å². The number of rotatable bonds is 3. The number of nitrogens with one attached hydrogen (secondary N) is 1. The molecule has 0 unspecified atom stereocenters. The maximum absolute atomic E-state index is 5.19. The van der Waals surface area contributed by atoms with Gasteiger partial charge in [0.1, 0.15) is 22.6 Å². The number of nitrogens with zero attached hydrogens (tertiary/aromatic N) is 5. The molecule has 4 aromatic heterocycles. The fourth-order valence-corrected chi connectivity index (χ4v) is 3.45. The maximum Gasteiger partial charge on any atom is 0.200 e. The minimum Gasteiger partial charge on any atom is -0.497 e. The van der Waals surface area contributed by atoms with E-state index < -0.39 is 0 Å². The highest BCUT2D eigenvalue weighted by molar-refractivity contribution is 7.16. The van der Waals surface area contributed by atoms with Crippen molar-refractivity contribution in [1.82, 2.24) is 29.8 Å². The van der Waals surface area contributed by atoms with Gasteiger partial charge in [-0.3, -0.25) is 5.10 Å². The maximum atomic E-state index is 5.19. The van der Waals surface area contributed by atoms with E-state index in [0.29, 0.717) is 5.82 Å². The molecule has 122 valence electrons. The molecule has 8 heteroatoms. The van der Waals surface area contributed by atoms with Crippen molar-refractivity contribution in [2.75, 3.05) is 7.11 Å². The van der Waals surface area contributed by atoms with Crippen LogP contribution in [-0.4, -0.2) is 36.9 Å². The molecular weight excluding hydrogens is 336 g/mol. The molecular formula is C17H12N6OS. The summed E-state index contributed by atoms with van der Waals surface area (Å²) in [5.41, 5.74) is 3.38. The van der Waals surface area contributed by atoms with E-state index in [1.807, 2.05) is 41.8 Å². The molecule has 0 saturated heterocycles. The van der Waals surface area contributed by atoms with E-state index in [2.05, 4.69) is 25.3 Å². The van der Waals surface area contributed by atoms with Crippen molar-refractivity contribution in [3.8, 4) is 28.5 Å². The van der Waals surface area contributed by atoms with Gasteiger partial charge in [-0.25, -0.2) is 14.5 Å². The van der Waals surface area contributed by atoms with Gasteiger partial charge in [-0.05, 0) is 41.8 Å². The highest BCUT2D eigenvalue weighted by Crippen LogP contribution is 2.26. The molecule has 1 N–H and O–H groups in total. The van der Waals surface area contributed by atoms with E-state index >= 15 is 0 Å². The number of hydrogen-bond acceptors (Lipinski definition) is 6. The van der Waals surface area contributed by atoms with Crippen molar-refractivity contribution >= 4 is 27.2 Å². The van der Waals surface area contributed by atoms with Crippen LogP contribution in [0.3, 0.4) is 0 Å². The van der Waals surface area contributed by atoms with Crippen LogP contribution in [0.1, 0.15) is 0 Å². The number of methoxy groups -OCH3 is 1. The van der Waals surface area contributed by atoms with E-state index in [1.165, 1.54) is 0 Å². The predicted octanol–water partition coefficient (Wildman–Crippen LogP) is 3.40. The number of aromatic amines is 1. The predicted molar refractivity (Wildman–Crippen MR) is 95.7 cm³/mol. The molecule has 0 spiro atoms. The fraction of sp³-hybridized carbons (Fsp3) is 0.0588. The third kappa shape index (κ3) is 2.26. The summed E-state index contributed by atoms with van der Waals surface area (Å²) in [6.07, 6.45) is 1.69. The van der Waals surface area contributed by atoms with Crippen molar-refractivity contribution in [3.05, 3.63) is 48.1 Å². The first-order chi connectivity index (χ1) is 12.3. The Morgan fingerprint density at radius 3 is 2.88 bits per heavy atom. The van der Waals surface area contributed by atoms with Crippen LogP contribution >= 0.6 is 11.3 Å². The number of thiophene rings is 1. The van der Waals surface area contributed by atoms with Gasteiger partial charge in [-0.15, -0.1) is 16.4 Å². The first-order valence-electron chi connectivity index (χ1n) is 7.60. The summed E-state index contributed by atoms with van der Waals surface area (Å²) < 4.78 is 6.88. The van der Waals surface area contributed by atoms with Crippen molar-refractivity contribution in [3.63, 3.8) is 0 Å². The molecule has 0 aliphatic carbocycles. The van der Waals surface area contributed by atoms with Crippen molar-refractivity contribution < 1.29 is 4.74 Å². The number of fused-ring (bicyclic) bond motifs is 3. The zero-order valence-electron chi connectivity index (χ0n) is 13.2. The van der Waals surface area contributed by atoms with Gasteiger partial charge in [0.15, 0.2) is 11.5 Å². The van der Waals surface area contributed by atoms with E-state index in [-0.39, 0.29) is 0 Å². The van der Waals surface area contributed by atoms with Crippen molar-refractivity contribution in [2.24, 2.45) is 0 Å². The number of ether oxygens (including phenoxy) is 1. The lowest BCUT2D eigenvalue weighted by Gasteiger charge is -1.99. The second-order valence-corrected chi connectivity index (χ2v) is 6.38. The lowest BCUT2D eigenvalue weighted by molar-refractivity contribution is 0.415. The van der Waals surface area contributed by atoms with Gasteiger partial charge < -0.3 is 4.74 Å². The Labute approximate surface area is 145 Å². The van der Waals surface area contributed by atoms with E-state index in [4.69, 9.17) is 4.74 Å². The lowest BCUT2D eigenvalue weighted by atomic mass is 10.1. The van der Waals surface area contributed by atoms with Crippen LogP contribution in [0.5, 0.6) is 5.75 Å². The number of H-pyrrole nitrogens is 1. The topological polar surface area (TPSA) is 81.0 Å². The molecule has 5 rings (SSSR count). The Morgan fingerprint density at radius 2 is 2.04 bits per heavy atom. The normalized spacial score (nSPS) is 11.4. The van der Waals surface area contributed by atoms with Gasteiger partial charge in [0, 0.05) is 5.56 Å². The van der Waals surface area contributed by atoms with E-state index in [1.54, 1.807) is 29.3 Å². The third-order valence-electron chi connectivity index (χ3n) is 4.01. The second-order valence-electron chi connectivity index (χ2n) is 5.48. The summed E-state index contributed by atoms with van der Waals surface area (Å²) in [4.78, 5) is 9.99. The molecule has 0 bridgehead atoms. The Morgan fingerprint density at radius 1 is 1.16 bits per heavy atom. The third-order valence-corrected chi connectivity index (χ3v) is 4.83. The first kappa shape index (κ1) is 14.1. The quantitative estimate of drug-likeness (QED) is 0.540. The summed E-state index contributed by atoms with van der Waals surface area (Å²) in [6, 6.07) is 11.7. The number of aromatic nitrogens is 6. The molecule has 1 aromatic carbocycles. The summed E-state index contributed by atoms with van der Waals surface area (Å²) in [6.45, 7) is 0. The average Bonchev–Trinajstić information content (AvgIpc) is 3.38. The molecule has 5 aromatic rings.